The van der Waals surface area contributed by atoms with Gasteiger partial charge < -0.3 is 9.64 Å². The lowest BCUT2D eigenvalue weighted by Gasteiger charge is -2.44. The zero-order valence-corrected chi connectivity index (χ0v) is 17.4. The average Bonchev–Trinajstić information content (AvgIpc) is 2.99. The van der Waals surface area contributed by atoms with Crippen molar-refractivity contribution in [3.8, 4) is 5.75 Å². The number of allylic oxidation sites excluding steroid dienone is 1. The molecule has 3 fully saturated rings. The number of likely N-dealkylation sites (N-methyl/N-ethyl adjacent to an activating group) is 1. The van der Waals surface area contributed by atoms with E-state index in [0.717, 1.165) is 44.5 Å². The van der Waals surface area contributed by atoms with E-state index in [9.17, 15) is 4.79 Å². The second-order valence-corrected chi connectivity index (χ2v) is 8.94. The Bertz CT molecular complexity index is 779. The minimum absolute atomic E-state index is 0.197. The predicted octanol–water partition coefficient (Wildman–Crippen LogP) is 4.27. The van der Waals surface area contributed by atoms with Gasteiger partial charge in [0, 0.05) is 43.2 Å². The van der Waals surface area contributed by atoms with Gasteiger partial charge in [0.1, 0.15) is 18.1 Å². The van der Waals surface area contributed by atoms with Crippen molar-refractivity contribution in [3.05, 3.63) is 47.2 Å². The smallest absolute Gasteiger partial charge is 0.133 e. The molecule has 2 aliphatic heterocycles. The monoisotopic (exact) mass is 380 g/mol. The Hall–Kier alpha value is -2.07. The first kappa shape index (κ1) is 19.3. The first-order valence-electron chi connectivity index (χ1n) is 10.5. The van der Waals surface area contributed by atoms with Crippen molar-refractivity contribution in [2.75, 3.05) is 26.7 Å². The lowest BCUT2D eigenvalue weighted by molar-refractivity contribution is -0.122. The number of ether oxygens (including phenoxy) is 1. The number of benzene rings is 1. The highest BCUT2D eigenvalue weighted by Gasteiger charge is 2.51. The minimum Gasteiger partial charge on any atom is -0.490 e. The molecule has 28 heavy (non-hydrogen) atoms. The standard InChI is InChI=1S/C24H32N2O2/c1-18(2)10-13-28-23-6-4-19(5-7-23)14-20-16-25(3)21-15-24(26(20)17-21)11-8-22(27)9-12-24/h4-7,10,14,21H,8-9,11-13,15-17H2,1-3H3/b20-14-/t21-/m1/s1. The first-order valence-corrected chi connectivity index (χ1v) is 10.5. The third kappa shape index (κ3) is 3.88. The molecule has 1 aromatic carbocycles. The maximum atomic E-state index is 11.8. The maximum Gasteiger partial charge on any atom is 0.133 e. The number of hydrogen-bond acceptors (Lipinski definition) is 4. The number of fused-ring (bicyclic) bond motifs is 3. The molecule has 0 amide bonds. The van der Waals surface area contributed by atoms with E-state index in [2.05, 4.69) is 67.1 Å². The van der Waals surface area contributed by atoms with Gasteiger partial charge in [0.2, 0.25) is 0 Å². The van der Waals surface area contributed by atoms with Crippen LogP contribution in [0.4, 0.5) is 0 Å². The Morgan fingerprint density at radius 1 is 1.21 bits per heavy atom. The topological polar surface area (TPSA) is 32.8 Å². The zero-order valence-electron chi connectivity index (χ0n) is 17.4. The molecule has 150 valence electrons. The van der Waals surface area contributed by atoms with E-state index in [-0.39, 0.29) is 5.54 Å². The van der Waals surface area contributed by atoms with E-state index in [4.69, 9.17) is 4.74 Å². The summed E-state index contributed by atoms with van der Waals surface area (Å²) in [5.74, 6) is 1.35. The molecule has 3 aliphatic rings. The molecule has 0 radical (unpaired) electrons. The summed E-state index contributed by atoms with van der Waals surface area (Å²) in [5.41, 5.74) is 4.07. The highest BCUT2D eigenvalue weighted by atomic mass is 16.5. The molecule has 1 saturated carbocycles. The van der Waals surface area contributed by atoms with Crippen molar-refractivity contribution in [2.24, 2.45) is 0 Å². The summed E-state index contributed by atoms with van der Waals surface area (Å²) in [4.78, 5) is 17.0. The minimum atomic E-state index is 0.197. The van der Waals surface area contributed by atoms with Crippen molar-refractivity contribution in [2.45, 2.75) is 57.5 Å². The van der Waals surface area contributed by atoms with E-state index in [1.165, 1.54) is 23.3 Å². The molecule has 2 bridgehead atoms. The highest BCUT2D eigenvalue weighted by Crippen LogP contribution is 2.46. The van der Waals surface area contributed by atoms with Crippen molar-refractivity contribution in [3.63, 3.8) is 0 Å². The van der Waals surface area contributed by atoms with Gasteiger partial charge in [-0.3, -0.25) is 9.69 Å². The van der Waals surface area contributed by atoms with Crippen LogP contribution in [-0.2, 0) is 4.79 Å². The Balaban J connectivity index is 1.51. The summed E-state index contributed by atoms with van der Waals surface area (Å²) < 4.78 is 5.78. The van der Waals surface area contributed by atoms with Crippen LogP contribution in [0.15, 0.2) is 41.6 Å². The fraction of sp³-hybridized carbons (Fsp3) is 0.542. The van der Waals surface area contributed by atoms with E-state index < -0.39 is 0 Å². The van der Waals surface area contributed by atoms with E-state index in [0.29, 0.717) is 18.4 Å². The molecule has 4 nitrogen and oxygen atoms in total. The van der Waals surface area contributed by atoms with Crippen LogP contribution in [0.25, 0.3) is 6.08 Å². The number of hydrogen-bond donors (Lipinski definition) is 0. The number of rotatable bonds is 4. The number of ketones is 1. The molecule has 0 N–H and O–H groups in total. The molecule has 0 unspecified atom stereocenters. The van der Waals surface area contributed by atoms with Crippen molar-refractivity contribution >= 4 is 11.9 Å². The first-order chi connectivity index (χ1) is 13.4. The quantitative estimate of drug-likeness (QED) is 0.730. The molecular weight excluding hydrogens is 348 g/mol. The second-order valence-electron chi connectivity index (χ2n) is 8.94. The number of piperazine rings is 1. The third-order valence-corrected chi connectivity index (χ3v) is 6.66. The Morgan fingerprint density at radius 3 is 2.61 bits per heavy atom. The molecule has 1 aromatic rings. The Morgan fingerprint density at radius 2 is 1.93 bits per heavy atom. The summed E-state index contributed by atoms with van der Waals surface area (Å²) in [5, 5.41) is 0. The van der Waals surface area contributed by atoms with Gasteiger partial charge in [0.25, 0.3) is 0 Å². The van der Waals surface area contributed by atoms with Crippen LogP contribution in [0.3, 0.4) is 0 Å². The Kier molecular flexibility index (Phi) is 5.33. The van der Waals surface area contributed by atoms with Crippen LogP contribution in [-0.4, -0.2) is 53.9 Å². The number of Topliss-reactive ketones (excluding diaryl/α,β-unsaturated/α-hetero) is 1. The molecular formula is C24H32N2O2. The fourth-order valence-electron chi connectivity index (χ4n) is 4.95. The van der Waals surface area contributed by atoms with Gasteiger partial charge in [0.15, 0.2) is 0 Å². The van der Waals surface area contributed by atoms with E-state index in [1.54, 1.807) is 0 Å². The van der Waals surface area contributed by atoms with Gasteiger partial charge in [-0.2, -0.15) is 0 Å². The molecule has 2 heterocycles. The number of nitrogens with zero attached hydrogens (tertiary/aromatic N) is 2. The molecule has 4 heteroatoms. The Labute approximate surface area is 168 Å². The number of carbonyl (C=O) groups excluding carboxylic acids is 1. The summed E-state index contributed by atoms with van der Waals surface area (Å²) in [6, 6.07) is 9.02. The lowest BCUT2D eigenvalue weighted by atomic mass is 9.78. The lowest BCUT2D eigenvalue weighted by Crippen LogP contribution is -2.49. The van der Waals surface area contributed by atoms with Gasteiger partial charge >= 0.3 is 0 Å². The van der Waals surface area contributed by atoms with Crippen molar-refractivity contribution in [1.82, 2.24) is 9.80 Å². The van der Waals surface area contributed by atoms with Gasteiger partial charge in [-0.05, 0) is 70.0 Å². The van der Waals surface area contributed by atoms with Crippen LogP contribution in [0.2, 0.25) is 0 Å². The van der Waals surface area contributed by atoms with E-state index in [1.807, 2.05) is 0 Å². The number of carbonyl (C=O) groups is 1. The largest absolute Gasteiger partial charge is 0.490 e. The highest BCUT2D eigenvalue weighted by molar-refractivity contribution is 5.79. The van der Waals surface area contributed by atoms with Crippen LogP contribution in [0.5, 0.6) is 5.75 Å². The van der Waals surface area contributed by atoms with Crippen LogP contribution in [0, 0.1) is 0 Å². The summed E-state index contributed by atoms with van der Waals surface area (Å²) in [6.45, 7) is 6.86. The van der Waals surface area contributed by atoms with Gasteiger partial charge in [-0.25, -0.2) is 0 Å². The average molecular weight is 381 g/mol. The third-order valence-electron chi connectivity index (χ3n) is 6.66. The SMILES string of the molecule is CC(C)=CCOc1ccc(/C=C2/CN(C)[C@H]3CN2C2(CCC(=O)CC2)C3)cc1. The fourth-order valence-corrected chi connectivity index (χ4v) is 4.95. The van der Waals surface area contributed by atoms with Crippen molar-refractivity contribution in [1.29, 1.82) is 0 Å². The van der Waals surface area contributed by atoms with Crippen LogP contribution < -0.4 is 4.74 Å². The van der Waals surface area contributed by atoms with E-state index >= 15 is 0 Å². The predicted molar refractivity (Wildman–Crippen MR) is 113 cm³/mol. The van der Waals surface area contributed by atoms with Gasteiger partial charge in [-0.15, -0.1) is 0 Å². The molecule has 1 atom stereocenters. The zero-order chi connectivity index (χ0) is 19.7. The van der Waals surface area contributed by atoms with Gasteiger partial charge in [0.05, 0.1) is 0 Å². The maximum absolute atomic E-state index is 11.8. The molecule has 2 saturated heterocycles. The van der Waals surface area contributed by atoms with Crippen LogP contribution >= 0.6 is 0 Å². The molecule has 1 spiro atoms. The van der Waals surface area contributed by atoms with Crippen molar-refractivity contribution < 1.29 is 9.53 Å². The summed E-state index contributed by atoms with van der Waals surface area (Å²) in [7, 11) is 2.24. The molecule has 0 aromatic heterocycles. The second kappa shape index (κ2) is 7.75. The van der Waals surface area contributed by atoms with Crippen LogP contribution in [0.1, 0.15) is 51.5 Å². The molecule has 4 rings (SSSR count). The summed E-state index contributed by atoms with van der Waals surface area (Å²) >= 11 is 0. The summed E-state index contributed by atoms with van der Waals surface area (Å²) in [6.07, 6.45) is 9.15. The van der Waals surface area contributed by atoms with Gasteiger partial charge in [-0.1, -0.05) is 17.7 Å². The molecule has 1 aliphatic carbocycles. The normalized spacial score (nSPS) is 25.4.